The highest BCUT2D eigenvalue weighted by atomic mass is 32.1. The van der Waals surface area contributed by atoms with Crippen molar-refractivity contribution in [2.75, 3.05) is 12.4 Å². The van der Waals surface area contributed by atoms with Gasteiger partial charge in [-0.15, -0.1) is 0 Å². The minimum absolute atomic E-state index is 0.197. The zero-order chi connectivity index (χ0) is 22.7. The van der Waals surface area contributed by atoms with E-state index in [1.807, 2.05) is 0 Å². The van der Waals surface area contributed by atoms with E-state index >= 15 is 0 Å². The first-order chi connectivity index (χ1) is 13.4. The van der Waals surface area contributed by atoms with E-state index in [2.05, 4.69) is 28.6 Å². The molecule has 0 aromatic carbocycles. The van der Waals surface area contributed by atoms with Gasteiger partial charge in [-0.25, -0.2) is 4.79 Å². The number of rotatable bonds is 13. The molecule has 0 aliphatic carbocycles. The summed E-state index contributed by atoms with van der Waals surface area (Å²) in [4.78, 5) is 58.6. The summed E-state index contributed by atoms with van der Waals surface area (Å²) in [5, 5.41) is 25.2. The maximum absolute atomic E-state index is 12.3. The molecule has 9 N–H and O–H groups in total. The van der Waals surface area contributed by atoms with Gasteiger partial charge in [0.2, 0.25) is 23.6 Å². The maximum Gasteiger partial charge on any atom is 0.326 e. The Morgan fingerprint density at radius 1 is 0.931 bits per heavy atom. The quantitative estimate of drug-likeness (QED) is 0.137. The molecule has 0 heterocycles. The van der Waals surface area contributed by atoms with Crippen LogP contribution in [0.1, 0.15) is 26.7 Å². The molecule has 4 atom stereocenters. The number of carboxylic acid groups (broad SMARTS) is 1. The van der Waals surface area contributed by atoms with Gasteiger partial charge >= 0.3 is 5.97 Å². The molecule has 4 unspecified atom stereocenters. The van der Waals surface area contributed by atoms with Gasteiger partial charge in [0.05, 0.1) is 12.6 Å². The van der Waals surface area contributed by atoms with Crippen LogP contribution < -0.4 is 27.4 Å². The standard InChI is InChI=1S/C16H29N5O7S/c1-7(2)12(18)15(26)20-9(5-22)13(24)21-10(6-29)14(25)19-8(16(27)28)3-4-11(17)23/h7-10,12,22,29H,3-6,18H2,1-2H3,(H2,17,23)(H,19,25)(H,20,26)(H,21,24)(H,27,28). The topological polar surface area (TPSA) is 214 Å². The van der Waals surface area contributed by atoms with Crippen molar-refractivity contribution >= 4 is 42.2 Å². The van der Waals surface area contributed by atoms with Crippen LogP contribution >= 0.6 is 12.6 Å². The second-order valence-electron chi connectivity index (χ2n) is 6.66. The molecule has 0 aliphatic heterocycles. The number of hydrogen-bond donors (Lipinski definition) is 8. The number of aliphatic carboxylic acids is 1. The monoisotopic (exact) mass is 435 g/mol. The highest BCUT2D eigenvalue weighted by molar-refractivity contribution is 7.80. The van der Waals surface area contributed by atoms with E-state index in [4.69, 9.17) is 16.6 Å². The minimum atomic E-state index is -1.40. The number of nitrogens with one attached hydrogen (secondary N) is 3. The normalized spacial score (nSPS) is 15.0. The zero-order valence-electron chi connectivity index (χ0n) is 16.3. The molecular weight excluding hydrogens is 406 g/mol. The Kier molecular flexibility index (Phi) is 11.9. The molecule has 0 aromatic heterocycles. The molecule has 0 rings (SSSR count). The van der Waals surface area contributed by atoms with Crippen molar-refractivity contribution in [2.45, 2.75) is 50.9 Å². The predicted molar refractivity (Wildman–Crippen MR) is 106 cm³/mol. The Hall–Kier alpha value is -2.38. The molecule has 0 spiro atoms. The van der Waals surface area contributed by atoms with Crippen LogP contribution in [-0.2, 0) is 24.0 Å². The smallest absolute Gasteiger partial charge is 0.326 e. The second-order valence-corrected chi connectivity index (χ2v) is 7.03. The van der Waals surface area contributed by atoms with E-state index in [0.717, 1.165) is 0 Å². The minimum Gasteiger partial charge on any atom is -0.480 e. The van der Waals surface area contributed by atoms with E-state index in [-0.39, 0.29) is 24.5 Å². The van der Waals surface area contributed by atoms with Gasteiger partial charge in [0.15, 0.2) is 0 Å². The van der Waals surface area contributed by atoms with Gasteiger partial charge in [-0.1, -0.05) is 13.8 Å². The van der Waals surface area contributed by atoms with Crippen LogP contribution in [0.2, 0.25) is 0 Å². The Bertz CT molecular complexity index is 616. The van der Waals surface area contributed by atoms with E-state index in [0.29, 0.717) is 0 Å². The van der Waals surface area contributed by atoms with Gasteiger partial charge in [0.25, 0.3) is 0 Å². The summed E-state index contributed by atoms with van der Waals surface area (Å²) in [5.74, 6) is -4.92. The van der Waals surface area contributed by atoms with Crippen LogP contribution in [-0.4, -0.2) is 76.3 Å². The van der Waals surface area contributed by atoms with Gasteiger partial charge in [-0.2, -0.15) is 12.6 Å². The lowest BCUT2D eigenvalue weighted by Gasteiger charge is -2.24. The molecule has 0 aliphatic rings. The van der Waals surface area contributed by atoms with Crippen molar-refractivity contribution in [2.24, 2.45) is 17.4 Å². The number of aliphatic hydroxyl groups is 1. The molecule has 12 nitrogen and oxygen atoms in total. The van der Waals surface area contributed by atoms with Crippen LogP contribution in [0.5, 0.6) is 0 Å². The number of carbonyl (C=O) groups excluding carboxylic acids is 4. The van der Waals surface area contributed by atoms with Crippen molar-refractivity contribution < 1.29 is 34.2 Å². The average molecular weight is 436 g/mol. The first-order valence-corrected chi connectivity index (χ1v) is 9.47. The van der Waals surface area contributed by atoms with Crippen molar-refractivity contribution in [3.8, 4) is 0 Å². The largest absolute Gasteiger partial charge is 0.480 e. The fourth-order valence-electron chi connectivity index (χ4n) is 2.05. The molecule has 0 saturated carbocycles. The third-order valence-electron chi connectivity index (χ3n) is 3.95. The van der Waals surface area contributed by atoms with Gasteiger partial charge in [-0.05, 0) is 12.3 Å². The Morgan fingerprint density at radius 2 is 1.41 bits per heavy atom. The van der Waals surface area contributed by atoms with Crippen LogP contribution in [0.25, 0.3) is 0 Å². The molecule has 13 heteroatoms. The Labute approximate surface area is 173 Å². The Morgan fingerprint density at radius 3 is 1.83 bits per heavy atom. The molecular formula is C16H29N5O7S. The van der Waals surface area contributed by atoms with Crippen LogP contribution in [0.4, 0.5) is 0 Å². The number of primary amides is 1. The maximum atomic E-state index is 12.3. The Balaban J connectivity index is 5.01. The second kappa shape index (κ2) is 13.0. The van der Waals surface area contributed by atoms with E-state index in [9.17, 15) is 29.1 Å². The van der Waals surface area contributed by atoms with Gasteiger partial charge in [0.1, 0.15) is 18.1 Å². The summed E-state index contributed by atoms with van der Waals surface area (Å²) in [7, 11) is 0. The highest BCUT2D eigenvalue weighted by Gasteiger charge is 2.30. The van der Waals surface area contributed by atoms with E-state index < -0.39 is 60.4 Å². The lowest BCUT2D eigenvalue weighted by Crippen LogP contribution is -2.59. The summed E-state index contributed by atoms with van der Waals surface area (Å²) in [6.45, 7) is 2.66. The van der Waals surface area contributed by atoms with Crippen molar-refractivity contribution in [3.63, 3.8) is 0 Å². The predicted octanol–water partition coefficient (Wildman–Crippen LogP) is -3.30. The molecule has 0 bridgehead atoms. The highest BCUT2D eigenvalue weighted by Crippen LogP contribution is 2.01. The molecule has 29 heavy (non-hydrogen) atoms. The fraction of sp³-hybridized carbons (Fsp3) is 0.688. The third-order valence-corrected chi connectivity index (χ3v) is 4.31. The number of carbonyl (C=O) groups is 5. The summed E-state index contributed by atoms with van der Waals surface area (Å²) in [6, 6.07) is -4.92. The van der Waals surface area contributed by atoms with Crippen molar-refractivity contribution in [3.05, 3.63) is 0 Å². The number of aliphatic hydroxyl groups excluding tert-OH is 1. The van der Waals surface area contributed by atoms with Crippen molar-refractivity contribution in [1.82, 2.24) is 16.0 Å². The number of amides is 4. The van der Waals surface area contributed by atoms with Crippen molar-refractivity contribution in [1.29, 1.82) is 0 Å². The average Bonchev–Trinajstić information content (AvgIpc) is 2.65. The molecule has 4 amide bonds. The first-order valence-electron chi connectivity index (χ1n) is 8.84. The SMILES string of the molecule is CC(C)C(N)C(=O)NC(CO)C(=O)NC(CS)C(=O)NC(CCC(N)=O)C(=O)O. The summed E-state index contributed by atoms with van der Waals surface area (Å²) >= 11 is 3.95. The number of thiol groups is 1. The van der Waals surface area contributed by atoms with E-state index in [1.165, 1.54) is 0 Å². The first kappa shape index (κ1) is 26.6. The van der Waals surface area contributed by atoms with Crippen LogP contribution in [0, 0.1) is 5.92 Å². The fourth-order valence-corrected chi connectivity index (χ4v) is 2.30. The summed E-state index contributed by atoms with van der Waals surface area (Å²) in [6.07, 6.45) is -0.490. The molecule has 0 saturated heterocycles. The molecule has 0 radical (unpaired) electrons. The molecule has 166 valence electrons. The number of nitrogens with two attached hydrogens (primary N) is 2. The lowest BCUT2D eigenvalue weighted by atomic mass is 10.0. The number of hydrogen-bond acceptors (Lipinski definition) is 8. The molecule has 0 fully saturated rings. The van der Waals surface area contributed by atoms with E-state index in [1.54, 1.807) is 13.8 Å². The summed E-state index contributed by atoms with van der Waals surface area (Å²) < 4.78 is 0. The van der Waals surface area contributed by atoms with Gasteiger partial charge < -0.3 is 37.6 Å². The summed E-state index contributed by atoms with van der Waals surface area (Å²) in [5.41, 5.74) is 10.7. The number of carboxylic acids is 1. The van der Waals surface area contributed by atoms with Crippen LogP contribution in [0.3, 0.4) is 0 Å². The zero-order valence-corrected chi connectivity index (χ0v) is 17.1. The molecule has 0 aromatic rings. The van der Waals surface area contributed by atoms with Gasteiger partial charge in [0, 0.05) is 12.2 Å². The van der Waals surface area contributed by atoms with Crippen LogP contribution in [0.15, 0.2) is 0 Å². The third kappa shape index (κ3) is 9.58. The lowest BCUT2D eigenvalue weighted by molar-refractivity contribution is -0.142. The van der Waals surface area contributed by atoms with Gasteiger partial charge in [-0.3, -0.25) is 19.2 Å².